The molecule has 154 valence electrons. The molecule has 29 heavy (non-hydrogen) atoms. The van der Waals surface area contributed by atoms with Crippen LogP contribution in [0, 0.1) is 20.8 Å². The van der Waals surface area contributed by atoms with Gasteiger partial charge in [-0.3, -0.25) is 4.57 Å². The van der Waals surface area contributed by atoms with Gasteiger partial charge in [0.1, 0.15) is 5.75 Å². The van der Waals surface area contributed by atoms with Gasteiger partial charge >= 0.3 is 6.01 Å². The van der Waals surface area contributed by atoms with Crippen LogP contribution in [0.25, 0.3) is 0 Å². The predicted octanol–water partition coefficient (Wildman–Crippen LogP) is 4.66. The van der Waals surface area contributed by atoms with Gasteiger partial charge in [-0.25, -0.2) is 18.1 Å². The second-order valence-electron chi connectivity index (χ2n) is 7.21. The van der Waals surface area contributed by atoms with Crippen LogP contribution in [0.5, 0.6) is 11.8 Å². The van der Waals surface area contributed by atoms with Crippen molar-refractivity contribution in [2.75, 3.05) is 0 Å². The molecule has 2 aromatic carbocycles. The first kappa shape index (κ1) is 21.1. The number of nitrogens with zero attached hydrogens (tertiary/aromatic N) is 2. The smallest absolute Gasteiger partial charge is 0.302 e. The maximum atomic E-state index is 12.8. The molecular formula is C22H27N3O3S. The quantitative estimate of drug-likeness (QED) is 0.611. The fourth-order valence-electron chi connectivity index (χ4n) is 3.07. The van der Waals surface area contributed by atoms with Crippen molar-refractivity contribution < 1.29 is 13.2 Å². The average Bonchev–Trinajstić information content (AvgIpc) is 3.08. The Balaban J connectivity index is 1.83. The van der Waals surface area contributed by atoms with E-state index in [0.717, 1.165) is 22.4 Å². The zero-order valence-electron chi connectivity index (χ0n) is 17.4. The van der Waals surface area contributed by atoms with E-state index in [1.54, 1.807) is 25.3 Å². The molecule has 0 aliphatic rings. The highest BCUT2D eigenvalue weighted by Crippen LogP contribution is 2.26. The van der Waals surface area contributed by atoms with Gasteiger partial charge < -0.3 is 4.74 Å². The summed E-state index contributed by atoms with van der Waals surface area (Å²) in [6.07, 6.45) is 1.65. The van der Waals surface area contributed by atoms with Crippen LogP contribution in [-0.2, 0) is 16.6 Å². The molecule has 3 aromatic rings. The second kappa shape index (κ2) is 8.39. The van der Waals surface area contributed by atoms with Crippen molar-refractivity contribution in [2.45, 2.75) is 52.1 Å². The number of imidazole rings is 1. The third kappa shape index (κ3) is 4.68. The third-order valence-corrected chi connectivity index (χ3v) is 6.50. The Morgan fingerprint density at radius 1 is 1.07 bits per heavy atom. The number of aryl methyl sites for hydroxylation is 3. The molecule has 1 atom stereocenters. The van der Waals surface area contributed by atoms with Gasteiger partial charge in [0, 0.05) is 6.54 Å². The van der Waals surface area contributed by atoms with Crippen molar-refractivity contribution in [3.8, 4) is 11.8 Å². The number of aromatic nitrogens is 2. The first-order chi connectivity index (χ1) is 13.7. The summed E-state index contributed by atoms with van der Waals surface area (Å²) in [5.74, 6) is 0.686. The monoisotopic (exact) mass is 413 g/mol. The molecule has 0 spiro atoms. The van der Waals surface area contributed by atoms with E-state index in [0.29, 0.717) is 18.3 Å². The first-order valence-electron chi connectivity index (χ1n) is 9.60. The van der Waals surface area contributed by atoms with E-state index in [1.165, 1.54) is 0 Å². The molecule has 0 fully saturated rings. The maximum Gasteiger partial charge on any atom is 0.302 e. The molecule has 0 aliphatic carbocycles. The minimum absolute atomic E-state index is 0.256. The molecule has 1 N–H and O–H groups in total. The summed E-state index contributed by atoms with van der Waals surface area (Å²) >= 11 is 0. The molecule has 0 bridgehead atoms. The summed E-state index contributed by atoms with van der Waals surface area (Å²) in [6.45, 7) is 10.2. The van der Waals surface area contributed by atoms with Crippen molar-refractivity contribution in [3.63, 3.8) is 0 Å². The molecule has 6 nitrogen and oxygen atoms in total. The van der Waals surface area contributed by atoms with E-state index in [-0.39, 0.29) is 4.90 Å². The minimum atomic E-state index is -3.66. The number of hydrogen-bond donors (Lipinski definition) is 1. The number of hydrogen-bond acceptors (Lipinski definition) is 4. The first-order valence-corrected chi connectivity index (χ1v) is 11.1. The van der Waals surface area contributed by atoms with E-state index in [9.17, 15) is 8.42 Å². The highest BCUT2D eigenvalue weighted by atomic mass is 32.2. The standard InChI is InChI=1S/C22H27N3O3S/c1-6-25-21(14-23-22(25)28-19-10-7-15(2)8-11-19)18(5)24-29(26,27)20-12-9-16(3)17(4)13-20/h7-14,18,24H,6H2,1-5H3. The molecule has 0 saturated heterocycles. The van der Waals surface area contributed by atoms with Crippen LogP contribution in [0.2, 0.25) is 0 Å². The zero-order chi connectivity index (χ0) is 21.2. The molecule has 1 aromatic heterocycles. The Morgan fingerprint density at radius 3 is 2.38 bits per heavy atom. The van der Waals surface area contributed by atoms with Crippen molar-refractivity contribution in [1.29, 1.82) is 0 Å². The number of sulfonamides is 1. The Labute approximate surface area is 172 Å². The lowest BCUT2D eigenvalue weighted by molar-refractivity contribution is 0.408. The van der Waals surface area contributed by atoms with Gasteiger partial charge in [-0.1, -0.05) is 23.8 Å². The Kier molecular flexibility index (Phi) is 6.10. The Morgan fingerprint density at radius 2 is 1.76 bits per heavy atom. The van der Waals surface area contributed by atoms with Crippen molar-refractivity contribution in [3.05, 3.63) is 71.0 Å². The fourth-order valence-corrected chi connectivity index (χ4v) is 4.37. The maximum absolute atomic E-state index is 12.8. The SMILES string of the molecule is CCn1c(C(C)NS(=O)(=O)c2ccc(C)c(C)c2)cnc1Oc1ccc(C)cc1. The molecule has 3 rings (SSSR count). The van der Waals surface area contributed by atoms with Gasteiger partial charge in [-0.15, -0.1) is 0 Å². The Hall–Kier alpha value is -2.64. The summed E-state index contributed by atoms with van der Waals surface area (Å²) in [5.41, 5.74) is 3.88. The molecule has 0 aliphatic heterocycles. The fraction of sp³-hybridized carbons (Fsp3) is 0.318. The van der Waals surface area contributed by atoms with Crippen LogP contribution in [0.1, 0.15) is 42.3 Å². The van der Waals surface area contributed by atoms with Crippen molar-refractivity contribution in [2.24, 2.45) is 0 Å². The molecular weight excluding hydrogens is 386 g/mol. The number of nitrogens with one attached hydrogen (secondary N) is 1. The summed E-state index contributed by atoms with van der Waals surface area (Å²) in [6, 6.07) is 12.8. The van der Waals surface area contributed by atoms with E-state index in [2.05, 4.69) is 9.71 Å². The summed E-state index contributed by atoms with van der Waals surface area (Å²) in [5, 5.41) is 0. The van der Waals surface area contributed by atoms with Crippen LogP contribution < -0.4 is 9.46 Å². The highest BCUT2D eigenvalue weighted by Gasteiger charge is 2.23. The van der Waals surface area contributed by atoms with E-state index >= 15 is 0 Å². The van der Waals surface area contributed by atoms with Gasteiger partial charge in [0.05, 0.1) is 22.8 Å². The lowest BCUT2D eigenvalue weighted by Gasteiger charge is -2.17. The number of ether oxygens (including phenoxy) is 1. The van der Waals surface area contributed by atoms with Gasteiger partial charge in [0.25, 0.3) is 0 Å². The van der Waals surface area contributed by atoms with E-state index in [1.807, 2.05) is 62.6 Å². The van der Waals surface area contributed by atoms with Crippen LogP contribution >= 0.6 is 0 Å². The van der Waals surface area contributed by atoms with Crippen molar-refractivity contribution >= 4 is 10.0 Å². The van der Waals surface area contributed by atoms with Crippen LogP contribution in [0.15, 0.2) is 53.6 Å². The van der Waals surface area contributed by atoms with Crippen LogP contribution in [0.3, 0.4) is 0 Å². The third-order valence-electron chi connectivity index (χ3n) is 4.96. The highest BCUT2D eigenvalue weighted by molar-refractivity contribution is 7.89. The molecule has 0 radical (unpaired) electrons. The predicted molar refractivity (Wildman–Crippen MR) is 114 cm³/mol. The molecule has 7 heteroatoms. The Bertz CT molecular complexity index is 1100. The summed E-state index contributed by atoms with van der Waals surface area (Å²) in [4.78, 5) is 4.62. The molecule has 0 saturated carbocycles. The zero-order valence-corrected chi connectivity index (χ0v) is 18.2. The van der Waals surface area contributed by atoms with Crippen LogP contribution in [-0.4, -0.2) is 18.0 Å². The summed E-state index contributed by atoms with van der Waals surface area (Å²) < 4.78 is 36.2. The molecule has 1 unspecified atom stereocenters. The lowest BCUT2D eigenvalue weighted by Crippen LogP contribution is -2.28. The van der Waals surface area contributed by atoms with Crippen molar-refractivity contribution in [1.82, 2.24) is 14.3 Å². The van der Waals surface area contributed by atoms with E-state index < -0.39 is 16.1 Å². The largest absolute Gasteiger partial charge is 0.426 e. The minimum Gasteiger partial charge on any atom is -0.426 e. The topological polar surface area (TPSA) is 73.2 Å². The van der Waals surface area contributed by atoms with Crippen LogP contribution in [0.4, 0.5) is 0 Å². The van der Waals surface area contributed by atoms with Gasteiger partial charge in [-0.05, 0) is 70.0 Å². The van der Waals surface area contributed by atoms with E-state index in [4.69, 9.17) is 4.74 Å². The number of rotatable bonds is 7. The second-order valence-corrected chi connectivity index (χ2v) is 8.93. The summed E-state index contributed by atoms with van der Waals surface area (Å²) in [7, 11) is -3.66. The average molecular weight is 414 g/mol. The normalized spacial score (nSPS) is 12.7. The van der Waals surface area contributed by atoms with Gasteiger partial charge in [0.15, 0.2) is 0 Å². The molecule has 0 amide bonds. The molecule has 1 heterocycles. The van der Waals surface area contributed by atoms with Gasteiger partial charge in [0.2, 0.25) is 10.0 Å². The lowest BCUT2D eigenvalue weighted by atomic mass is 10.1. The van der Waals surface area contributed by atoms with Gasteiger partial charge in [-0.2, -0.15) is 0 Å². The number of benzene rings is 2.